The third-order valence-corrected chi connectivity index (χ3v) is 4.54. The molecule has 7 nitrogen and oxygen atoms in total. The van der Waals surface area contributed by atoms with E-state index in [0.29, 0.717) is 35.1 Å². The number of aromatic nitrogens is 1. The first-order chi connectivity index (χ1) is 15.0. The van der Waals surface area contributed by atoms with Gasteiger partial charge < -0.3 is 23.9 Å². The molecule has 0 spiro atoms. The number of carboxylic acid groups (broad SMARTS) is 1. The highest BCUT2D eigenvalue weighted by Gasteiger charge is 2.15. The first-order valence-corrected chi connectivity index (χ1v) is 9.55. The number of allylic oxidation sites excluding steroid dienone is 1. The Morgan fingerprint density at radius 1 is 1.00 bits per heavy atom. The fourth-order valence-corrected chi connectivity index (χ4v) is 3.06. The Morgan fingerprint density at radius 2 is 1.81 bits per heavy atom. The lowest BCUT2D eigenvalue weighted by Crippen LogP contribution is -2.09. The van der Waals surface area contributed by atoms with E-state index in [9.17, 15) is 9.59 Å². The van der Waals surface area contributed by atoms with Crippen LogP contribution in [0.3, 0.4) is 0 Å². The second-order valence-corrected chi connectivity index (χ2v) is 6.60. The lowest BCUT2D eigenvalue weighted by Gasteiger charge is -2.10. The van der Waals surface area contributed by atoms with Crippen LogP contribution < -0.4 is 14.2 Å². The number of hydrogen-bond acceptors (Lipinski definition) is 5. The van der Waals surface area contributed by atoms with E-state index >= 15 is 0 Å². The number of carbonyl (C=O) groups excluding carboxylic acids is 1. The quantitative estimate of drug-likeness (QED) is 0.500. The Kier molecular flexibility index (Phi) is 7.11. The van der Waals surface area contributed by atoms with Crippen molar-refractivity contribution < 1.29 is 28.9 Å². The number of carboxylic acids is 1. The largest absolute Gasteiger partial charge is 0.493 e. The van der Waals surface area contributed by atoms with Gasteiger partial charge in [-0.3, -0.25) is 4.79 Å². The molecule has 0 aliphatic rings. The van der Waals surface area contributed by atoms with Crippen molar-refractivity contribution in [3.05, 3.63) is 83.7 Å². The maximum atomic E-state index is 13.0. The zero-order chi connectivity index (χ0) is 22.2. The maximum Gasteiger partial charge on any atom is 0.341 e. The molecule has 0 radical (unpaired) electrons. The Morgan fingerprint density at radius 3 is 2.55 bits per heavy atom. The van der Waals surface area contributed by atoms with Crippen molar-refractivity contribution in [3.63, 3.8) is 0 Å². The van der Waals surface area contributed by atoms with Gasteiger partial charge in [0.25, 0.3) is 0 Å². The molecule has 1 aromatic heterocycles. The van der Waals surface area contributed by atoms with E-state index in [-0.39, 0.29) is 5.78 Å². The van der Waals surface area contributed by atoms with Gasteiger partial charge in [0.05, 0.1) is 19.9 Å². The third-order valence-electron chi connectivity index (χ3n) is 4.54. The van der Waals surface area contributed by atoms with Crippen LogP contribution in [-0.4, -0.2) is 42.3 Å². The zero-order valence-electron chi connectivity index (χ0n) is 17.3. The molecule has 1 heterocycles. The van der Waals surface area contributed by atoms with E-state index in [0.717, 1.165) is 5.56 Å². The van der Waals surface area contributed by atoms with E-state index in [2.05, 4.69) is 0 Å². The van der Waals surface area contributed by atoms with E-state index in [4.69, 9.17) is 19.3 Å². The van der Waals surface area contributed by atoms with Gasteiger partial charge in [-0.2, -0.15) is 0 Å². The summed E-state index contributed by atoms with van der Waals surface area (Å²) >= 11 is 0. The van der Waals surface area contributed by atoms with Gasteiger partial charge in [0.1, 0.15) is 5.75 Å². The molecule has 0 atom stereocenters. The summed E-state index contributed by atoms with van der Waals surface area (Å²) in [5.74, 6) is 0.391. The van der Waals surface area contributed by atoms with Gasteiger partial charge in [-0.05, 0) is 48.0 Å². The van der Waals surface area contributed by atoms with Crippen LogP contribution in [0.15, 0.2) is 66.9 Å². The molecular weight excluding hydrogens is 398 g/mol. The molecule has 0 bridgehead atoms. The highest BCUT2D eigenvalue weighted by atomic mass is 16.5. The lowest BCUT2D eigenvalue weighted by atomic mass is 10.1. The van der Waals surface area contributed by atoms with Crippen LogP contribution >= 0.6 is 0 Å². The molecular formula is C24H23NO6. The number of carbonyl (C=O) groups is 2. The van der Waals surface area contributed by atoms with E-state index in [1.807, 2.05) is 35.0 Å². The summed E-state index contributed by atoms with van der Waals surface area (Å²) in [6.45, 7) is 0.0970. The first kappa shape index (κ1) is 21.7. The third kappa shape index (κ3) is 5.54. The Labute approximate surface area is 180 Å². The summed E-state index contributed by atoms with van der Waals surface area (Å²) < 4.78 is 17.6. The fraction of sp³-hybridized carbons (Fsp3) is 0.167. The topological polar surface area (TPSA) is 87.0 Å². The molecule has 1 N–H and O–H groups in total. The predicted octanol–water partition coefficient (Wildman–Crippen LogP) is 3.91. The minimum atomic E-state index is -1.03. The number of aliphatic carboxylic acids is 1. The van der Waals surface area contributed by atoms with E-state index in [1.54, 1.807) is 49.6 Å². The van der Waals surface area contributed by atoms with Gasteiger partial charge in [0.2, 0.25) is 5.78 Å². The van der Waals surface area contributed by atoms with Gasteiger partial charge >= 0.3 is 5.97 Å². The Bertz CT molecular complexity index is 1100. The molecule has 31 heavy (non-hydrogen) atoms. The molecule has 0 saturated carbocycles. The van der Waals surface area contributed by atoms with Crippen molar-refractivity contribution in [2.75, 3.05) is 20.8 Å². The summed E-state index contributed by atoms with van der Waals surface area (Å²) in [7, 11) is 3.08. The number of ketones is 1. The molecule has 160 valence electrons. The van der Waals surface area contributed by atoms with Gasteiger partial charge in [-0.1, -0.05) is 24.3 Å². The number of nitrogens with zero attached hydrogens (tertiary/aromatic N) is 1. The highest BCUT2D eigenvalue weighted by molar-refractivity contribution is 6.08. The normalized spacial score (nSPS) is 10.8. The molecule has 3 aromatic rings. The highest BCUT2D eigenvalue weighted by Crippen LogP contribution is 2.28. The zero-order valence-corrected chi connectivity index (χ0v) is 17.3. The second-order valence-electron chi connectivity index (χ2n) is 6.60. The summed E-state index contributed by atoms with van der Waals surface area (Å²) in [6.07, 6.45) is 5.64. The lowest BCUT2D eigenvalue weighted by molar-refractivity contribution is -0.139. The number of ether oxygens (including phenoxy) is 3. The molecule has 0 unspecified atom stereocenters. The molecule has 3 rings (SSSR count). The van der Waals surface area contributed by atoms with Crippen LogP contribution in [0, 0.1) is 0 Å². The molecule has 0 aliphatic heterocycles. The monoisotopic (exact) mass is 421 g/mol. The van der Waals surface area contributed by atoms with E-state index in [1.165, 1.54) is 7.11 Å². The van der Waals surface area contributed by atoms with Crippen molar-refractivity contribution in [1.29, 1.82) is 0 Å². The number of methoxy groups -OCH3 is 2. The summed E-state index contributed by atoms with van der Waals surface area (Å²) in [5, 5.41) is 8.72. The minimum absolute atomic E-state index is 0.122. The molecule has 0 amide bonds. The smallest absolute Gasteiger partial charge is 0.341 e. The summed E-state index contributed by atoms with van der Waals surface area (Å²) in [5.41, 5.74) is 1.92. The van der Waals surface area contributed by atoms with Crippen molar-refractivity contribution in [3.8, 4) is 17.2 Å². The average Bonchev–Trinajstić information content (AvgIpc) is 3.25. The second kappa shape index (κ2) is 10.2. The molecule has 0 aliphatic carbocycles. The van der Waals surface area contributed by atoms with Crippen molar-refractivity contribution in [2.24, 2.45) is 0 Å². The Balaban J connectivity index is 1.72. The molecule has 2 aromatic carbocycles. The minimum Gasteiger partial charge on any atom is -0.493 e. The predicted molar refractivity (Wildman–Crippen MR) is 116 cm³/mol. The van der Waals surface area contributed by atoms with Crippen LogP contribution in [0.4, 0.5) is 0 Å². The standard InChI is InChI=1S/C24H23NO6/c1-29-21-11-10-18(15-22(21)30-2)24(28)20-9-5-13-25(20)12-4-7-17-6-3-8-19(14-17)31-16-23(26)27/h3-11,13-15H,12,16H2,1-2H3,(H,26,27)/b7-4+. The summed E-state index contributed by atoms with van der Waals surface area (Å²) in [6, 6.07) is 15.8. The van der Waals surface area contributed by atoms with Gasteiger partial charge in [0.15, 0.2) is 18.1 Å². The van der Waals surface area contributed by atoms with Crippen LogP contribution in [0.25, 0.3) is 6.08 Å². The van der Waals surface area contributed by atoms with Crippen molar-refractivity contribution in [2.45, 2.75) is 6.54 Å². The summed E-state index contributed by atoms with van der Waals surface area (Å²) in [4.78, 5) is 23.6. The van der Waals surface area contributed by atoms with E-state index < -0.39 is 12.6 Å². The number of benzene rings is 2. The Hall–Kier alpha value is -4.00. The van der Waals surface area contributed by atoms with Crippen LogP contribution in [0.5, 0.6) is 17.2 Å². The molecule has 0 fully saturated rings. The maximum absolute atomic E-state index is 13.0. The first-order valence-electron chi connectivity index (χ1n) is 9.55. The van der Waals surface area contributed by atoms with Gasteiger partial charge in [-0.25, -0.2) is 4.79 Å². The average molecular weight is 421 g/mol. The van der Waals surface area contributed by atoms with Crippen LogP contribution in [-0.2, 0) is 11.3 Å². The van der Waals surface area contributed by atoms with Gasteiger partial charge in [-0.15, -0.1) is 0 Å². The molecule has 0 saturated heterocycles. The van der Waals surface area contributed by atoms with Crippen molar-refractivity contribution >= 4 is 17.8 Å². The number of rotatable bonds is 10. The van der Waals surface area contributed by atoms with Crippen LogP contribution in [0.2, 0.25) is 0 Å². The SMILES string of the molecule is COc1ccc(C(=O)c2cccn2C/C=C/c2cccc(OCC(=O)O)c2)cc1OC. The van der Waals surface area contributed by atoms with Crippen LogP contribution in [0.1, 0.15) is 21.6 Å². The molecule has 7 heteroatoms. The van der Waals surface area contributed by atoms with Crippen molar-refractivity contribution in [1.82, 2.24) is 4.57 Å². The fourth-order valence-electron chi connectivity index (χ4n) is 3.06. The number of hydrogen-bond donors (Lipinski definition) is 1. The van der Waals surface area contributed by atoms with Gasteiger partial charge in [0, 0.05) is 18.3 Å².